The van der Waals surface area contributed by atoms with E-state index in [0.717, 1.165) is 27.0 Å². The Morgan fingerprint density at radius 1 is 1.07 bits per heavy atom. The number of thiophene rings is 1. The van der Waals surface area contributed by atoms with Gasteiger partial charge in [0.25, 0.3) is 5.91 Å². The summed E-state index contributed by atoms with van der Waals surface area (Å²) in [5, 5.41) is 8.59. The van der Waals surface area contributed by atoms with Crippen molar-refractivity contribution < 1.29 is 14.3 Å². The van der Waals surface area contributed by atoms with Gasteiger partial charge in [-0.1, -0.05) is 29.8 Å². The lowest BCUT2D eigenvalue weighted by Crippen LogP contribution is -2.21. The monoisotopic (exact) mass is 421 g/mol. The van der Waals surface area contributed by atoms with Crippen molar-refractivity contribution in [2.24, 2.45) is 7.05 Å². The van der Waals surface area contributed by atoms with Crippen molar-refractivity contribution in [2.75, 3.05) is 14.2 Å². The molecule has 0 bridgehead atoms. The van der Waals surface area contributed by atoms with E-state index in [-0.39, 0.29) is 5.91 Å². The first-order chi connectivity index (χ1) is 14.5. The van der Waals surface area contributed by atoms with Gasteiger partial charge < -0.3 is 14.8 Å². The normalized spacial score (nSPS) is 10.9. The van der Waals surface area contributed by atoms with Crippen molar-refractivity contribution >= 4 is 27.5 Å². The van der Waals surface area contributed by atoms with Crippen molar-refractivity contribution in [3.8, 4) is 22.8 Å². The standard InChI is InChI=1S/C23H23N3O3S/c1-14-5-7-15(8-6-14)13-24-22(27)20-12-17-21(25-26(2)23(17)30-20)16-9-10-18(28-3)19(11-16)29-4/h5-12H,13H2,1-4H3,(H,24,27). The number of methoxy groups -OCH3 is 2. The first-order valence-electron chi connectivity index (χ1n) is 9.53. The summed E-state index contributed by atoms with van der Waals surface area (Å²) < 4.78 is 12.6. The van der Waals surface area contributed by atoms with Gasteiger partial charge in [0, 0.05) is 24.5 Å². The maximum atomic E-state index is 12.7. The fourth-order valence-electron chi connectivity index (χ4n) is 3.32. The van der Waals surface area contributed by atoms with E-state index in [1.165, 1.54) is 16.9 Å². The van der Waals surface area contributed by atoms with Gasteiger partial charge in [-0.15, -0.1) is 11.3 Å². The Morgan fingerprint density at radius 2 is 1.80 bits per heavy atom. The second-order valence-corrected chi connectivity index (χ2v) is 8.07. The summed E-state index contributed by atoms with van der Waals surface area (Å²) in [4.78, 5) is 14.3. The van der Waals surface area contributed by atoms with E-state index < -0.39 is 0 Å². The lowest BCUT2D eigenvalue weighted by atomic mass is 10.1. The third kappa shape index (κ3) is 3.76. The number of carbonyl (C=O) groups excluding carboxylic acids is 1. The summed E-state index contributed by atoms with van der Waals surface area (Å²) in [6.45, 7) is 2.54. The first-order valence-corrected chi connectivity index (χ1v) is 10.3. The van der Waals surface area contributed by atoms with Gasteiger partial charge in [0.05, 0.1) is 19.1 Å². The van der Waals surface area contributed by atoms with Gasteiger partial charge in [-0.3, -0.25) is 9.48 Å². The maximum Gasteiger partial charge on any atom is 0.261 e. The molecule has 0 aliphatic rings. The van der Waals surface area contributed by atoms with Crippen LogP contribution in [0.5, 0.6) is 11.5 Å². The van der Waals surface area contributed by atoms with Crippen molar-refractivity contribution in [3.63, 3.8) is 0 Å². The SMILES string of the molecule is COc1ccc(-c2nn(C)c3sc(C(=O)NCc4ccc(C)cc4)cc23)cc1OC. The summed E-state index contributed by atoms with van der Waals surface area (Å²) in [5.41, 5.74) is 3.98. The fourth-order valence-corrected chi connectivity index (χ4v) is 4.31. The number of aromatic nitrogens is 2. The molecule has 2 aromatic heterocycles. The van der Waals surface area contributed by atoms with Gasteiger partial charge in [-0.05, 0) is 36.8 Å². The Kier molecular flexibility index (Phi) is 5.46. The third-order valence-electron chi connectivity index (χ3n) is 4.97. The zero-order valence-electron chi connectivity index (χ0n) is 17.4. The Bertz CT molecular complexity index is 1210. The highest BCUT2D eigenvalue weighted by Gasteiger charge is 2.19. The van der Waals surface area contributed by atoms with Crippen molar-refractivity contribution in [3.05, 3.63) is 64.5 Å². The van der Waals surface area contributed by atoms with Crippen LogP contribution < -0.4 is 14.8 Å². The van der Waals surface area contributed by atoms with Gasteiger partial charge in [-0.2, -0.15) is 5.10 Å². The van der Waals surface area contributed by atoms with E-state index in [1.54, 1.807) is 14.2 Å². The molecule has 0 saturated heterocycles. The minimum Gasteiger partial charge on any atom is -0.493 e. The van der Waals surface area contributed by atoms with Crippen LogP contribution in [0, 0.1) is 6.92 Å². The van der Waals surface area contributed by atoms with Crippen LogP contribution in [-0.4, -0.2) is 29.9 Å². The van der Waals surface area contributed by atoms with Gasteiger partial charge in [0.1, 0.15) is 10.5 Å². The van der Waals surface area contributed by atoms with E-state index >= 15 is 0 Å². The number of ether oxygens (including phenoxy) is 2. The number of hydrogen-bond acceptors (Lipinski definition) is 5. The van der Waals surface area contributed by atoms with Crippen LogP contribution in [0.4, 0.5) is 0 Å². The van der Waals surface area contributed by atoms with Gasteiger partial charge in [-0.25, -0.2) is 0 Å². The number of nitrogens with one attached hydrogen (secondary N) is 1. The molecule has 6 nitrogen and oxygen atoms in total. The molecule has 1 amide bonds. The summed E-state index contributed by atoms with van der Waals surface area (Å²) >= 11 is 1.44. The fraction of sp³-hybridized carbons (Fsp3) is 0.217. The maximum absolute atomic E-state index is 12.7. The van der Waals surface area contributed by atoms with E-state index in [9.17, 15) is 4.79 Å². The zero-order chi connectivity index (χ0) is 21.3. The highest BCUT2D eigenvalue weighted by molar-refractivity contribution is 7.20. The summed E-state index contributed by atoms with van der Waals surface area (Å²) in [5.74, 6) is 1.21. The topological polar surface area (TPSA) is 65.4 Å². The molecule has 0 aliphatic heterocycles. The molecule has 0 fully saturated rings. The summed E-state index contributed by atoms with van der Waals surface area (Å²) in [6, 6.07) is 15.7. The van der Waals surface area contributed by atoms with Crippen LogP contribution in [0.25, 0.3) is 21.5 Å². The summed E-state index contributed by atoms with van der Waals surface area (Å²) in [6.07, 6.45) is 0. The molecule has 1 N–H and O–H groups in total. The molecular weight excluding hydrogens is 398 g/mol. The van der Waals surface area contributed by atoms with E-state index in [1.807, 2.05) is 67.2 Å². The molecule has 2 heterocycles. The van der Waals surface area contributed by atoms with Crippen LogP contribution in [0.1, 0.15) is 20.8 Å². The smallest absolute Gasteiger partial charge is 0.261 e. The number of aryl methyl sites for hydroxylation is 2. The summed E-state index contributed by atoms with van der Waals surface area (Å²) in [7, 11) is 5.10. The molecule has 7 heteroatoms. The highest BCUT2D eigenvalue weighted by atomic mass is 32.1. The third-order valence-corrected chi connectivity index (χ3v) is 6.17. The minimum absolute atomic E-state index is 0.0879. The van der Waals surface area contributed by atoms with Gasteiger partial charge in [0.2, 0.25) is 0 Å². The molecule has 0 aliphatic carbocycles. The predicted octanol–water partition coefficient (Wildman–Crippen LogP) is 4.56. The van der Waals surface area contributed by atoms with E-state index in [2.05, 4.69) is 10.4 Å². The quantitative estimate of drug-likeness (QED) is 0.496. The molecule has 0 radical (unpaired) electrons. The minimum atomic E-state index is -0.0879. The molecule has 0 spiro atoms. The van der Waals surface area contributed by atoms with Gasteiger partial charge >= 0.3 is 0 Å². The predicted molar refractivity (Wildman–Crippen MR) is 119 cm³/mol. The molecule has 30 heavy (non-hydrogen) atoms. The Balaban J connectivity index is 1.62. The number of rotatable bonds is 6. The largest absolute Gasteiger partial charge is 0.493 e. The second-order valence-electron chi connectivity index (χ2n) is 7.04. The molecular formula is C23H23N3O3S. The van der Waals surface area contributed by atoms with E-state index in [4.69, 9.17) is 9.47 Å². The molecule has 2 aromatic carbocycles. The number of hydrogen-bond donors (Lipinski definition) is 1. The number of benzene rings is 2. The van der Waals surface area contributed by atoms with Crippen LogP contribution >= 0.6 is 11.3 Å². The zero-order valence-corrected chi connectivity index (χ0v) is 18.2. The Hall–Kier alpha value is -3.32. The number of amides is 1. The van der Waals surface area contributed by atoms with E-state index in [0.29, 0.717) is 22.9 Å². The molecule has 0 atom stereocenters. The second kappa shape index (κ2) is 8.20. The average molecular weight is 422 g/mol. The Morgan fingerprint density at radius 3 is 2.50 bits per heavy atom. The van der Waals surface area contributed by atoms with Crippen molar-refractivity contribution in [1.29, 1.82) is 0 Å². The van der Waals surface area contributed by atoms with Crippen LogP contribution in [0.3, 0.4) is 0 Å². The average Bonchev–Trinajstić information content (AvgIpc) is 3.33. The molecule has 154 valence electrons. The number of nitrogens with zero attached hydrogens (tertiary/aromatic N) is 2. The molecule has 0 saturated carbocycles. The number of carbonyl (C=O) groups is 1. The lowest BCUT2D eigenvalue weighted by Gasteiger charge is -2.08. The van der Waals surface area contributed by atoms with Crippen molar-refractivity contribution in [1.82, 2.24) is 15.1 Å². The van der Waals surface area contributed by atoms with Crippen LogP contribution in [0.15, 0.2) is 48.5 Å². The van der Waals surface area contributed by atoms with Gasteiger partial charge in [0.15, 0.2) is 11.5 Å². The van der Waals surface area contributed by atoms with Crippen molar-refractivity contribution in [2.45, 2.75) is 13.5 Å². The molecule has 4 rings (SSSR count). The van der Waals surface area contributed by atoms with Crippen LogP contribution in [-0.2, 0) is 13.6 Å². The molecule has 0 unspecified atom stereocenters. The highest BCUT2D eigenvalue weighted by Crippen LogP contribution is 2.37. The molecule has 4 aromatic rings. The Labute approximate surface area is 179 Å². The lowest BCUT2D eigenvalue weighted by molar-refractivity contribution is 0.0955. The first kappa shape index (κ1) is 20.0. The number of fused-ring (bicyclic) bond motifs is 1. The van der Waals surface area contributed by atoms with Crippen LogP contribution in [0.2, 0.25) is 0 Å².